The molecule has 0 aliphatic carbocycles. The van der Waals surface area contributed by atoms with E-state index in [1.165, 1.54) is 12.8 Å². The highest BCUT2D eigenvalue weighted by molar-refractivity contribution is 5.87. The molecule has 2 aromatic rings. The van der Waals surface area contributed by atoms with Crippen LogP contribution < -0.4 is 14.8 Å². The van der Waals surface area contributed by atoms with Crippen molar-refractivity contribution in [2.24, 2.45) is 0 Å². The Labute approximate surface area is 114 Å². The van der Waals surface area contributed by atoms with E-state index in [4.69, 9.17) is 9.47 Å². The van der Waals surface area contributed by atoms with Gasteiger partial charge in [-0.25, -0.2) is 0 Å². The number of rotatable bonds is 8. The minimum Gasteiger partial charge on any atom is -0.497 e. The molecule has 2 N–H and O–H groups in total. The molecule has 0 radical (unpaired) electrons. The van der Waals surface area contributed by atoms with Crippen molar-refractivity contribution in [3.8, 4) is 11.5 Å². The lowest BCUT2D eigenvalue weighted by atomic mass is 10.2. The maximum atomic E-state index is 5.79. The molecule has 1 heterocycles. The van der Waals surface area contributed by atoms with E-state index in [0.717, 1.165) is 35.5 Å². The fourth-order valence-electron chi connectivity index (χ4n) is 1.98. The van der Waals surface area contributed by atoms with Crippen molar-refractivity contribution in [3.63, 3.8) is 0 Å². The number of unbranched alkanes of at least 4 members (excludes halogenated alkanes) is 1. The van der Waals surface area contributed by atoms with Crippen LogP contribution in [0.5, 0.6) is 11.5 Å². The summed E-state index contributed by atoms with van der Waals surface area (Å²) in [6, 6.07) is 5.93. The van der Waals surface area contributed by atoms with Crippen LogP contribution in [0.25, 0.3) is 10.9 Å². The molecule has 104 valence electrons. The Morgan fingerprint density at radius 1 is 1.26 bits per heavy atom. The van der Waals surface area contributed by atoms with Gasteiger partial charge in [0.1, 0.15) is 18.1 Å². The van der Waals surface area contributed by atoms with Crippen LogP contribution >= 0.6 is 0 Å². The van der Waals surface area contributed by atoms with Gasteiger partial charge < -0.3 is 19.8 Å². The summed E-state index contributed by atoms with van der Waals surface area (Å²) in [6.07, 6.45) is 4.33. The predicted molar refractivity (Wildman–Crippen MR) is 78.1 cm³/mol. The van der Waals surface area contributed by atoms with Gasteiger partial charge in [-0.1, -0.05) is 13.3 Å². The zero-order valence-electron chi connectivity index (χ0n) is 11.7. The lowest BCUT2D eigenvalue weighted by Crippen LogP contribution is -2.21. The van der Waals surface area contributed by atoms with E-state index in [1.54, 1.807) is 7.11 Å². The average molecular weight is 262 g/mol. The predicted octanol–water partition coefficient (Wildman–Crippen LogP) is 2.95. The quantitative estimate of drug-likeness (QED) is 0.719. The molecule has 0 aliphatic heterocycles. The van der Waals surface area contributed by atoms with Crippen molar-refractivity contribution in [3.05, 3.63) is 24.4 Å². The molecule has 1 aromatic carbocycles. The Bertz CT molecular complexity index is 508. The van der Waals surface area contributed by atoms with Crippen molar-refractivity contribution in [2.45, 2.75) is 19.8 Å². The zero-order valence-corrected chi connectivity index (χ0v) is 11.7. The van der Waals surface area contributed by atoms with Crippen molar-refractivity contribution in [2.75, 3.05) is 26.8 Å². The standard InChI is InChI=1S/C15H22N2O2/c1-3-4-7-16-8-9-19-15-11-17-14-6-5-12(18-2)10-13(14)15/h5-6,10-11,16-17H,3-4,7-9H2,1-2H3. The lowest BCUT2D eigenvalue weighted by Gasteiger charge is -2.06. The molecule has 4 nitrogen and oxygen atoms in total. The molecular weight excluding hydrogens is 240 g/mol. The number of aromatic nitrogens is 1. The summed E-state index contributed by atoms with van der Waals surface area (Å²) in [4.78, 5) is 3.20. The third-order valence-corrected chi connectivity index (χ3v) is 3.09. The first-order valence-corrected chi connectivity index (χ1v) is 6.83. The summed E-state index contributed by atoms with van der Waals surface area (Å²) in [5.74, 6) is 1.73. The minimum atomic E-state index is 0.674. The molecule has 0 spiro atoms. The van der Waals surface area contributed by atoms with Gasteiger partial charge in [-0.2, -0.15) is 0 Å². The third-order valence-electron chi connectivity index (χ3n) is 3.09. The molecule has 4 heteroatoms. The number of benzene rings is 1. The summed E-state index contributed by atoms with van der Waals surface area (Å²) in [5.41, 5.74) is 1.06. The van der Waals surface area contributed by atoms with Crippen molar-refractivity contribution in [1.82, 2.24) is 10.3 Å². The van der Waals surface area contributed by atoms with Crippen LogP contribution in [0.15, 0.2) is 24.4 Å². The van der Waals surface area contributed by atoms with Crippen molar-refractivity contribution < 1.29 is 9.47 Å². The average Bonchev–Trinajstić information content (AvgIpc) is 2.85. The first kappa shape index (κ1) is 13.7. The molecule has 0 bridgehead atoms. The number of methoxy groups -OCH3 is 1. The summed E-state index contributed by atoms with van der Waals surface area (Å²) in [6.45, 7) is 4.80. The van der Waals surface area contributed by atoms with Crippen LogP contribution in [0, 0.1) is 0 Å². The Balaban J connectivity index is 1.89. The van der Waals surface area contributed by atoms with Gasteiger partial charge in [-0.05, 0) is 31.2 Å². The summed E-state index contributed by atoms with van der Waals surface area (Å²) in [5, 5.41) is 4.42. The summed E-state index contributed by atoms with van der Waals surface area (Å²) in [7, 11) is 1.67. The van der Waals surface area contributed by atoms with Crippen LogP contribution in [-0.2, 0) is 0 Å². The van der Waals surface area contributed by atoms with E-state index in [9.17, 15) is 0 Å². The van der Waals surface area contributed by atoms with Crippen LogP contribution in [-0.4, -0.2) is 31.8 Å². The van der Waals surface area contributed by atoms with Crippen molar-refractivity contribution in [1.29, 1.82) is 0 Å². The summed E-state index contributed by atoms with van der Waals surface area (Å²) < 4.78 is 11.0. The normalized spacial score (nSPS) is 10.8. The molecule has 2 rings (SSSR count). The monoisotopic (exact) mass is 262 g/mol. The highest BCUT2D eigenvalue weighted by Crippen LogP contribution is 2.28. The number of aromatic amines is 1. The molecule has 0 amide bonds. The van der Waals surface area contributed by atoms with E-state index in [-0.39, 0.29) is 0 Å². The molecule has 0 unspecified atom stereocenters. The molecule has 0 saturated carbocycles. The Hall–Kier alpha value is -1.68. The van der Waals surface area contributed by atoms with E-state index in [2.05, 4.69) is 17.2 Å². The largest absolute Gasteiger partial charge is 0.497 e. The molecule has 1 aromatic heterocycles. The highest BCUT2D eigenvalue weighted by Gasteiger charge is 2.05. The Morgan fingerprint density at radius 2 is 2.16 bits per heavy atom. The van der Waals surface area contributed by atoms with E-state index in [1.807, 2.05) is 24.4 Å². The number of H-pyrrole nitrogens is 1. The highest BCUT2D eigenvalue weighted by atomic mass is 16.5. The zero-order chi connectivity index (χ0) is 13.5. The second-order valence-electron chi connectivity index (χ2n) is 4.52. The first-order chi connectivity index (χ1) is 9.35. The van der Waals surface area contributed by atoms with Gasteiger partial charge in [-0.15, -0.1) is 0 Å². The van der Waals surface area contributed by atoms with Gasteiger partial charge in [-0.3, -0.25) is 0 Å². The SMILES string of the molecule is CCCCNCCOc1c[nH]c2ccc(OC)cc12. The van der Waals surface area contributed by atoms with E-state index >= 15 is 0 Å². The molecule has 0 fully saturated rings. The first-order valence-electron chi connectivity index (χ1n) is 6.83. The van der Waals surface area contributed by atoms with Gasteiger partial charge in [0, 0.05) is 23.6 Å². The van der Waals surface area contributed by atoms with Gasteiger partial charge in [0.2, 0.25) is 0 Å². The van der Waals surface area contributed by atoms with Crippen molar-refractivity contribution >= 4 is 10.9 Å². The smallest absolute Gasteiger partial charge is 0.144 e. The van der Waals surface area contributed by atoms with Crippen LogP contribution in [0.3, 0.4) is 0 Å². The topological polar surface area (TPSA) is 46.3 Å². The minimum absolute atomic E-state index is 0.674. The lowest BCUT2D eigenvalue weighted by molar-refractivity contribution is 0.317. The summed E-state index contributed by atoms with van der Waals surface area (Å²) >= 11 is 0. The fourth-order valence-corrected chi connectivity index (χ4v) is 1.98. The van der Waals surface area contributed by atoms with Crippen LogP contribution in [0.1, 0.15) is 19.8 Å². The van der Waals surface area contributed by atoms with Gasteiger partial charge in [0.05, 0.1) is 7.11 Å². The molecule has 0 atom stereocenters. The Kier molecular flexibility index (Phi) is 5.10. The van der Waals surface area contributed by atoms with Gasteiger partial charge >= 0.3 is 0 Å². The number of ether oxygens (including phenoxy) is 2. The maximum absolute atomic E-state index is 5.79. The number of hydrogen-bond donors (Lipinski definition) is 2. The number of nitrogens with one attached hydrogen (secondary N) is 2. The molecule has 0 aliphatic rings. The maximum Gasteiger partial charge on any atom is 0.144 e. The van der Waals surface area contributed by atoms with Crippen LogP contribution in [0.4, 0.5) is 0 Å². The van der Waals surface area contributed by atoms with E-state index in [0.29, 0.717) is 6.61 Å². The number of fused-ring (bicyclic) bond motifs is 1. The number of hydrogen-bond acceptors (Lipinski definition) is 3. The molecule has 19 heavy (non-hydrogen) atoms. The molecular formula is C15H22N2O2. The Morgan fingerprint density at radius 3 is 2.95 bits per heavy atom. The molecule has 0 saturated heterocycles. The second-order valence-corrected chi connectivity index (χ2v) is 4.52. The second kappa shape index (κ2) is 7.04. The van der Waals surface area contributed by atoms with Crippen LogP contribution in [0.2, 0.25) is 0 Å². The van der Waals surface area contributed by atoms with Gasteiger partial charge in [0.25, 0.3) is 0 Å². The van der Waals surface area contributed by atoms with E-state index < -0.39 is 0 Å². The van der Waals surface area contributed by atoms with Gasteiger partial charge in [0.15, 0.2) is 0 Å². The third kappa shape index (κ3) is 3.64. The fraction of sp³-hybridized carbons (Fsp3) is 0.467.